The molecule has 0 aliphatic carbocycles. The van der Waals surface area contributed by atoms with Crippen molar-refractivity contribution >= 4 is 5.91 Å². The van der Waals surface area contributed by atoms with E-state index < -0.39 is 0 Å². The highest BCUT2D eigenvalue weighted by Gasteiger charge is 2.26. The summed E-state index contributed by atoms with van der Waals surface area (Å²) in [6, 6.07) is 7.54. The number of hydrogen-bond donors (Lipinski definition) is 1. The van der Waals surface area contributed by atoms with Crippen molar-refractivity contribution in [3.63, 3.8) is 0 Å². The second-order valence-electron chi connectivity index (χ2n) is 6.34. The van der Waals surface area contributed by atoms with Gasteiger partial charge in [0, 0.05) is 43.0 Å². The molecule has 1 aliphatic heterocycles. The number of carbonyl (C=O) groups is 1. The molecule has 0 bridgehead atoms. The predicted molar refractivity (Wildman–Crippen MR) is 95.6 cm³/mol. The maximum Gasteiger partial charge on any atom is 0.254 e. The monoisotopic (exact) mass is 340 g/mol. The van der Waals surface area contributed by atoms with Gasteiger partial charge < -0.3 is 15.4 Å². The molecule has 1 amide bonds. The molecule has 1 aromatic carbocycles. The number of hydrogen-bond acceptors (Lipinski definition) is 5. The lowest BCUT2D eigenvalue weighted by Crippen LogP contribution is -2.39. The maximum absolute atomic E-state index is 12.9. The Hall–Kier alpha value is -2.47. The van der Waals surface area contributed by atoms with Gasteiger partial charge in [0.05, 0.1) is 0 Å². The number of piperidine rings is 1. The molecule has 1 atom stereocenters. The van der Waals surface area contributed by atoms with Crippen LogP contribution in [0.1, 0.15) is 40.4 Å². The fourth-order valence-electron chi connectivity index (χ4n) is 3.19. The molecule has 6 nitrogen and oxygen atoms in total. The van der Waals surface area contributed by atoms with Gasteiger partial charge in [-0.15, -0.1) is 0 Å². The van der Waals surface area contributed by atoms with Crippen molar-refractivity contribution in [3.8, 4) is 5.75 Å². The van der Waals surface area contributed by atoms with Crippen LogP contribution in [-0.4, -0.2) is 47.0 Å². The van der Waals surface area contributed by atoms with E-state index in [1.165, 1.54) is 0 Å². The standard InChI is InChI=1S/C19H24N4O2/c1-14-4-5-15(11-18(14)25-10-7-20)19(24)23-9-2-3-16(12-23)17-6-8-21-13-22-17/h4-6,8,11,13,16H,2-3,7,9-10,12,20H2,1H3/t16-/m1/s1. The highest BCUT2D eigenvalue weighted by molar-refractivity contribution is 5.94. The fourth-order valence-corrected chi connectivity index (χ4v) is 3.19. The number of nitrogens with two attached hydrogens (primary N) is 1. The normalized spacial score (nSPS) is 17.4. The van der Waals surface area contributed by atoms with Gasteiger partial charge in [-0.05, 0) is 43.5 Å². The van der Waals surface area contributed by atoms with Gasteiger partial charge in [0.25, 0.3) is 5.91 Å². The number of aromatic nitrogens is 2. The Kier molecular flexibility index (Phi) is 5.60. The van der Waals surface area contributed by atoms with Gasteiger partial charge in [-0.25, -0.2) is 9.97 Å². The summed E-state index contributed by atoms with van der Waals surface area (Å²) in [5.41, 5.74) is 8.16. The molecule has 6 heteroatoms. The molecule has 3 rings (SSSR count). The number of amides is 1. The van der Waals surface area contributed by atoms with E-state index in [0.29, 0.717) is 25.3 Å². The molecular formula is C19H24N4O2. The number of rotatable bonds is 5. The van der Waals surface area contributed by atoms with E-state index in [1.54, 1.807) is 12.5 Å². The van der Waals surface area contributed by atoms with Crippen molar-refractivity contribution in [1.82, 2.24) is 14.9 Å². The Morgan fingerprint density at radius 1 is 1.40 bits per heavy atom. The topological polar surface area (TPSA) is 81.3 Å². The quantitative estimate of drug-likeness (QED) is 0.902. The van der Waals surface area contributed by atoms with Crippen LogP contribution < -0.4 is 10.5 Å². The number of benzene rings is 1. The molecule has 1 aromatic heterocycles. The zero-order valence-electron chi connectivity index (χ0n) is 14.5. The molecule has 0 unspecified atom stereocenters. The van der Waals surface area contributed by atoms with Gasteiger partial charge in [0.15, 0.2) is 0 Å². The van der Waals surface area contributed by atoms with Gasteiger partial charge in [-0.2, -0.15) is 0 Å². The van der Waals surface area contributed by atoms with Crippen molar-refractivity contribution < 1.29 is 9.53 Å². The van der Waals surface area contributed by atoms with Crippen molar-refractivity contribution in [2.45, 2.75) is 25.7 Å². The smallest absolute Gasteiger partial charge is 0.254 e. The summed E-state index contributed by atoms with van der Waals surface area (Å²) in [4.78, 5) is 23.2. The highest BCUT2D eigenvalue weighted by Crippen LogP contribution is 2.27. The first kappa shape index (κ1) is 17.4. The molecule has 132 valence electrons. The Morgan fingerprint density at radius 2 is 2.28 bits per heavy atom. The van der Waals surface area contributed by atoms with Gasteiger partial charge >= 0.3 is 0 Å². The van der Waals surface area contributed by atoms with Crippen molar-refractivity contribution in [2.24, 2.45) is 5.73 Å². The molecule has 1 saturated heterocycles. The van der Waals surface area contributed by atoms with Crippen LogP contribution in [-0.2, 0) is 0 Å². The molecule has 0 spiro atoms. The number of nitrogens with zero attached hydrogens (tertiary/aromatic N) is 3. The highest BCUT2D eigenvalue weighted by atomic mass is 16.5. The first-order valence-electron chi connectivity index (χ1n) is 8.67. The summed E-state index contributed by atoms with van der Waals surface area (Å²) in [6.07, 6.45) is 5.34. The third kappa shape index (κ3) is 4.14. The minimum absolute atomic E-state index is 0.0383. The number of aryl methyl sites for hydroxylation is 1. The first-order chi connectivity index (χ1) is 12.2. The van der Waals surface area contributed by atoms with Gasteiger partial charge in [0.1, 0.15) is 18.7 Å². The Balaban J connectivity index is 1.74. The lowest BCUT2D eigenvalue weighted by molar-refractivity contribution is 0.0705. The molecule has 0 saturated carbocycles. The molecule has 1 fully saturated rings. The molecule has 0 radical (unpaired) electrons. The minimum Gasteiger partial charge on any atom is -0.492 e. The summed E-state index contributed by atoms with van der Waals surface area (Å²) in [5, 5.41) is 0. The van der Waals surface area contributed by atoms with Crippen LogP contribution in [0.25, 0.3) is 0 Å². The number of carbonyl (C=O) groups excluding carboxylic acids is 1. The number of ether oxygens (including phenoxy) is 1. The minimum atomic E-state index is 0.0383. The Morgan fingerprint density at radius 3 is 3.04 bits per heavy atom. The molecule has 2 N–H and O–H groups in total. The Labute approximate surface area is 148 Å². The molecule has 2 aromatic rings. The van der Waals surface area contributed by atoms with Crippen molar-refractivity contribution in [1.29, 1.82) is 0 Å². The number of likely N-dealkylation sites (tertiary alicyclic amines) is 1. The van der Waals surface area contributed by atoms with E-state index in [2.05, 4.69) is 9.97 Å². The summed E-state index contributed by atoms with van der Waals surface area (Å²) in [7, 11) is 0. The van der Waals surface area contributed by atoms with Crippen LogP contribution in [0.2, 0.25) is 0 Å². The summed E-state index contributed by atoms with van der Waals surface area (Å²) >= 11 is 0. The van der Waals surface area contributed by atoms with E-state index in [1.807, 2.05) is 36.1 Å². The zero-order chi connectivity index (χ0) is 17.6. The van der Waals surface area contributed by atoms with E-state index in [4.69, 9.17) is 10.5 Å². The van der Waals surface area contributed by atoms with Crippen LogP contribution in [0, 0.1) is 6.92 Å². The first-order valence-corrected chi connectivity index (χ1v) is 8.67. The molecule has 25 heavy (non-hydrogen) atoms. The second kappa shape index (κ2) is 8.07. The van der Waals surface area contributed by atoms with Gasteiger partial charge in [-0.1, -0.05) is 6.07 Å². The Bertz CT molecular complexity index is 721. The predicted octanol–water partition coefficient (Wildman–Crippen LogP) is 2.14. The van der Waals surface area contributed by atoms with E-state index in [9.17, 15) is 4.79 Å². The average Bonchev–Trinajstić information content (AvgIpc) is 2.67. The SMILES string of the molecule is Cc1ccc(C(=O)N2CCC[C@@H](c3ccncn3)C2)cc1OCCN. The lowest BCUT2D eigenvalue weighted by Gasteiger charge is -2.32. The lowest BCUT2D eigenvalue weighted by atomic mass is 9.94. The molecule has 2 heterocycles. The summed E-state index contributed by atoms with van der Waals surface area (Å²) in [6.45, 7) is 4.31. The third-order valence-corrected chi connectivity index (χ3v) is 4.54. The maximum atomic E-state index is 12.9. The largest absolute Gasteiger partial charge is 0.492 e. The summed E-state index contributed by atoms with van der Waals surface area (Å²) in [5.74, 6) is 1.02. The fraction of sp³-hybridized carbons (Fsp3) is 0.421. The molecule has 1 aliphatic rings. The third-order valence-electron chi connectivity index (χ3n) is 4.54. The molecular weight excluding hydrogens is 316 g/mol. The van der Waals surface area contributed by atoms with Crippen LogP contribution in [0.4, 0.5) is 0 Å². The van der Waals surface area contributed by atoms with Gasteiger partial charge in [-0.3, -0.25) is 4.79 Å². The van der Waals surface area contributed by atoms with Crippen molar-refractivity contribution in [3.05, 3.63) is 53.6 Å². The second-order valence-corrected chi connectivity index (χ2v) is 6.34. The summed E-state index contributed by atoms with van der Waals surface area (Å²) < 4.78 is 5.64. The van der Waals surface area contributed by atoms with E-state index >= 15 is 0 Å². The van der Waals surface area contributed by atoms with Crippen LogP contribution in [0.15, 0.2) is 36.8 Å². The average molecular weight is 340 g/mol. The van der Waals surface area contributed by atoms with Gasteiger partial charge in [0.2, 0.25) is 0 Å². The van der Waals surface area contributed by atoms with Crippen molar-refractivity contribution in [2.75, 3.05) is 26.2 Å². The van der Waals surface area contributed by atoms with Crippen LogP contribution in [0.5, 0.6) is 5.75 Å². The van der Waals surface area contributed by atoms with Crippen LogP contribution in [0.3, 0.4) is 0 Å². The van der Waals surface area contributed by atoms with Crippen LogP contribution >= 0.6 is 0 Å². The van der Waals surface area contributed by atoms with E-state index in [-0.39, 0.29) is 11.8 Å². The zero-order valence-corrected chi connectivity index (χ0v) is 14.5. The van der Waals surface area contributed by atoms with E-state index in [0.717, 1.165) is 36.4 Å².